The number of para-hydroxylation sites is 1. The van der Waals surface area contributed by atoms with Crippen LogP contribution in [0, 0.1) is 5.82 Å². The van der Waals surface area contributed by atoms with Crippen LogP contribution in [-0.2, 0) is 12.8 Å². The number of nitrogens with one attached hydrogen (secondary N) is 2. The zero-order valence-corrected chi connectivity index (χ0v) is 17.0. The molecule has 0 aliphatic heterocycles. The van der Waals surface area contributed by atoms with Crippen LogP contribution in [0.2, 0.25) is 0 Å². The summed E-state index contributed by atoms with van der Waals surface area (Å²) in [6.45, 7) is 1.88. The van der Waals surface area contributed by atoms with Crippen LogP contribution < -0.4 is 5.32 Å². The van der Waals surface area contributed by atoms with Crippen molar-refractivity contribution in [3.05, 3.63) is 89.7 Å². The van der Waals surface area contributed by atoms with Crippen LogP contribution in [0.15, 0.2) is 72.8 Å². The molecule has 0 unspecified atom stereocenters. The minimum Gasteiger partial charge on any atom is -0.508 e. The summed E-state index contributed by atoms with van der Waals surface area (Å²) >= 11 is 0. The van der Waals surface area contributed by atoms with Gasteiger partial charge in [0.2, 0.25) is 0 Å². The summed E-state index contributed by atoms with van der Waals surface area (Å²) < 4.78 is 13.4. The van der Waals surface area contributed by atoms with E-state index in [0.29, 0.717) is 5.75 Å². The first-order valence-corrected chi connectivity index (χ1v) is 10.5. The largest absolute Gasteiger partial charge is 0.508 e. The molecule has 0 radical (unpaired) electrons. The number of halogens is 1. The van der Waals surface area contributed by atoms with Crippen LogP contribution in [0.5, 0.6) is 5.75 Å². The van der Waals surface area contributed by atoms with E-state index in [-0.39, 0.29) is 5.82 Å². The first-order chi connectivity index (χ1) is 14.7. The summed E-state index contributed by atoms with van der Waals surface area (Å²) in [4.78, 5) is 3.52. The molecule has 1 aromatic heterocycles. The third kappa shape index (κ3) is 4.89. The number of H-pyrrole nitrogens is 1. The molecule has 4 heteroatoms. The predicted octanol–water partition coefficient (Wildman–Crippen LogP) is 5.83. The Bertz CT molecular complexity index is 1080. The van der Waals surface area contributed by atoms with E-state index in [1.54, 1.807) is 12.1 Å². The van der Waals surface area contributed by atoms with Gasteiger partial charge in [0.25, 0.3) is 0 Å². The third-order valence-electron chi connectivity index (χ3n) is 5.50. The number of aryl methyl sites for hydroxylation is 1. The maximum Gasteiger partial charge on any atom is 0.123 e. The number of hydrogen-bond donors (Lipinski definition) is 3. The van der Waals surface area contributed by atoms with Crippen LogP contribution in [-0.4, -0.2) is 23.2 Å². The maximum absolute atomic E-state index is 13.4. The minimum atomic E-state index is -0.217. The molecule has 0 atom stereocenters. The number of benzene rings is 3. The average molecular weight is 403 g/mol. The molecule has 3 aromatic carbocycles. The van der Waals surface area contributed by atoms with Crippen molar-refractivity contribution in [2.45, 2.75) is 25.7 Å². The zero-order valence-electron chi connectivity index (χ0n) is 17.0. The average Bonchev–Trinajstić information content (AvgIpc) is 3.13. The van der Waals surface area contributed by atoms with Crippen LogP contribution in [0.3, 0.4) is 0 Å². The lowest BCUT2D eigenvalue weighted by molar-refractivity contribution is 0.475. The Labute approximate surface area is 176 Å². The second kappa shape index (κ2) is 9.59. The van der Waals surface area contributed by atoms with Crippen molar-refractivity contribution in [3.63, 3.8) is 0 Å². The number of phenols is 1. The highest BCUT2D eigenvalue weighted by Crippen LogP contribution is 2.30. The van der Waals surface area contributed by atoms with E-state index in [0.717, 1.165) is 55.5 Å². The topological polar surface area (TPSA) is 48.0 Å². The highest BCUT2D eigenvalue weighted by Gasteiger charge is 2.12. The zero-order chi connectivity index (χ0) is 20.8. The fraction of sp³-hybridized carbons (Fsp3) is 0.231. The number of aromatic nitrogens is 1. The maximum atomic E-state index is 13.4. The molecule has 3 nitrogen and oxygen atoms in total. The predicted molar refractivity (Wildman–Crippen MR) is 121 cm³/mol. The second-order valence-corrected chi connectivity index (χ2v) is 7.65. The summed E-state index contributed by atoms with van der Waals surface area (Å²) in [6, 6.07) is 22.5. The second-order valence-electron chi connectivity index (χ2n) is 7.65. The highest BCUT2D eigenvalue weighted by atomic mass is 19.1. The Kier molecular flexibility index (Phi) is 6.45. The van der Waals surface area contributed by atoms with Gasteiger partial charge in [0.15, 0.2) is 0 Å². The lowest BCUT2D eigenvalue weighted by Gasteiger charge is -2.08. The fourth-order valence-corrected chi connectivity index (χ4v) is 3.90. The number of phenolic OH excluding ortho intramolecular Hbond substituents is 1. The number of hydrogen-bond acceptors (Lipinski definition) is 2. The molecule has 0 saturated carbocycles. The normalized spacial score (nSPS) is 11.2. The van der Waals surface area contributed by atoms with Crippen molar-refractivity contribution in [2.75, 3.05) is 13.1 Å². The number of aromatic hydroxyl groups is 1. The van der Waals surface area contributed by atoms with Crippen LogP contribution in [0.4, 0.5) is 4.39 Å². The monoisotopic (exact) mass is 402 g/mol. The van der Waals surface area contributed by atoms with E-state index in [1.165, 1.54) is 28.6 Å². The van der Waals surface area contributed by atoms with E-state index in [2.05, 4.69) is 28.5 Å². The van der Waals surface area contributed by atoms with Gasteiger partial charge in [-0.2, -0.15) is 0 Å². The molecule has 0 bridgehead atoms. The van der Waals surface area contributed by atoms with Gasteiger partial charge in [-0.25, -0.2) is 4.39 Å². The van der Waals surface area contributed by atoms with E-state index < -0.39 is 0 Å². The van der Waals surface area contributed by atoms with Crippen LogP contribution >= 0.6 is 0 Å². The van der Waals surface area contributed by atoms with Gasteiger partial charge in [0.05, 0.1) is 0 Å². The molecule has 0 amide bonds. The number of fused-ring (bicyclic) bond motifs is 1. The third-order valence-corrected chi connectivity index (χ3v) is 5.50. The van der Waals surface area contributed by atoms with Crippen molar-refractivity contribution in [1.29, 1.82) is 0 Å². The summed E-state index contributed by atoms with van der Waals surface area (Å²) in [6.07, 6.45) is 4.17. The lowest BCUT2D eigenvalue weighted by atomic mass is 10.0. The van der Waals surface area contributed by atoms with Gasteiger partial charge in [-0.1, -0.05) is 30.3 Å². The summed E-state index contributed by atoms with van der Waals surface area (Å²) in [5.74, 6) is 0.100. The fourth-order valence-electron chi connectivity index (χ4n) is 3.90. The number of unbranched alkanes of at least 4 members (excludes halogenated alkanes) is 1. The SMILES string of the molecule is Oc1ccc(CCCCNCCc2c(-c3ccc(F)cc3)[nH]c3ccccc23)cc1. The first-order valence-electron chi connectivity index (χ1n) is 10.5. The summed E-state index contributed by atoms with van der Waals surface area (Å²) in [5.41, 5.74) is 5.73. The van der Waals surface area contributed by atoms with Gasteiger partial charge in [0, 0.05) is 16.6 Å². The van der Waals surface area contributed by atoms with Gasteiger partial charge < -0.3 is 15.4 Å². The van der Waals surface area contributed by atoms with E-state index in [1.807, 2.05) is 30.3 Å². The van der Waals surface area contributed by atoms with Crippen molar-refractivity contribution < 1.29 is 9.50 Å². The molecular weight excluding hydrogens is 375 g/mol. The molecule has 0 saturated heterocycles. The molecule has 30 heavy (non-hydrogen) atoms. The Balaban J connectivity index is 1.32. The number of aromatic amines is 1. The molecule has 4 aromatic rings. The van der Waals surface area contributed by atoms with E-state index in [9.17, 15) is 9.50 Å². The quantitative estimate of drug-likeness (QED) is 0.308. The molecule has 0 aliphatic carbocycles. The molecule has 0 spiro atoms. The van der Waals surface area contributed by atoms with Gasteiger partial charge in [-0.3, -0.25) is 0 Å². The van der Waals surface area contributed by atoms with Crippen molar-refractivity contribution in [3.8, 4) is 17.0 Å². The minimum absolute atomic E-state index is 0.217. The van der Waals surface area contributed by atoms with Crippen molar-refractivity contribution >= 4 is 10.9 Å². The molecule has 154 valence electrons. The van der Waals surface area contributed by atoms with Gasteiger partial charge in [-0.05, 0) is 97.9 Å². The Hall–Kier alpha value is -3.11. The Morgan fingerprint density at radius 1 is 0.800 bits per heavy atom. The van der Waals surface area contributed by atoms with Crippen molar-refractivity contribution in [2.24, 2.45) is 0 Å². The summed E-state index contributed by atoms with van der Waals surface area (Å²) in [5, 5.41) is 14.1. The Morgan fingerprint density at radius 3 is 2.37 bits per heavy atom. The van der Waals surface area contributed by atoms with Crippen LogP contribution in [0.25, 0.3) is 22.2 Å². The first kappa shape index (κ1) is 20.2. The highest BCUT2D eigenvalue weighted by molar-refractivity contribution is 5.90. The van der Waals surface area contributed by atoms with Gasteiger partial charge in [0.1, 0.15) is 11.6 Å². The van der Waals surface area contributed by atoms with Gasteiger partial charge in [-0.15, -0.1) is 0 Å². The lowest BCUT2D eigenvalue weighted by Crippen LogP contribution is -2.18. The molecule has 4 rings (SSSR count). The molecule has 1 heterocycles. The van der Waals surface area contributed by atoms with E-state index in [4.69, 9.17) is 0 Å². The van der Waals surface area contributed by atoms with Crippen molar-refractivity contribution in [1.82, 2.24) is 10.3 Å². The van der Waals surface area contributed by atoms with Crippen LogP contribution in [0.1, 0.15) is 24.0 Å². The molecule has 3 N–H and O–H groups in total. The molecular formula is C26H27FN2O. The van der Waals surface area contributed by atoms with Gasteiger partial charge >= 0.3 is 0 Å². The Morgan fingerprint density at radius 2 is 1.57 bits per heavy atom. The summed E-state index contributed by atoms with van der Waals surface area (Å²) in [7, 11) is 0. The van der Waals surface area contributed by atoms with E-state index >= 15 is 0 Å². The number of rotatable bonds is 9. The molecule has 0 aliphatic rings. The smallest absolute Gasteiger partial charge is 0.123 e. The molecule has 0 fully saturated rings. The standard InChI is InChI=1S/C26H27FN2O/c27-21-12-10-20(11-13-21)26-24(23-6-1-2-7-25(23)29-26)16-18-28-17-4-3-5-19-8-14-22(30)15-9-19/h1-2,6-15,28-30H,3-5,16-18H2.